The van der Waals surface area contributed by atoms with Gasteiger partial charge in [0.15, 0.2) is 11.0 Å². The van der Waals surface area contributed by atoms with E-state index in [9.17, 15) is 18.0 Å². The number of anilines is 1. The Morgan fingerprint density at radius 1 is 0.886 bits per heavy atom. The van der Waals surface area contributed by atoms with Gasteiger partial charge in [0.2, 0.25) is 5.91 Å². The van der Waals surface area contributed by atoms with Gasteiger partial charge in [-0.1, -0.05) is 66.4 Å². The summed E-state index contributed by atoms with van der Waals surface area (Å²) >= 11 is 1.23. The van der Waals surface area contributed by atoms with Crippen LogP contribution in [0.1, 0.15) is 17.0 Å². The number of rotatable bonds is 9. The van der Waals surface area contributed by atoms with Crippen LogP contribution in [-0.2, 0) is 24.1 Å². The van der Waals surface area contributed by atoms with E-state index in [0.29, 0.717) is 23.2 Å². The molecule has 0 saturated carbocycles. The van der Waals surface area contributed by atoms with Crippen molar-refractivity contribution < 1.29 is 18.0 Å². The van der Waals surface area contributed by atoms with Crippen molar-refractivity contribution in [2.24, 2.45) is 0 Å². The van der Waals surface area contributed by atoms with Crippen LogP contribution in [0.25, 0.3) is 5.69 Å². The van der Waals surface area contributed by atoms with Crippen LogP contribution in [0.4, 0.5) is 18.9 Å². The first kappa shape index (κ1) is 24.3. The van der Waals surface area contributed by atoms with E-state index in [1.165, 1.54) is 17.8 Å². The van der Waals surface area contributed by atoms with Crippen molar-refractivity contribution in [3.05, 3.63) is 102 Å². The van der Waals surface area contributed by atoms with Gasteiger partial charge in [-0.2, -0.15) is 13.2 Å². The lowest BCUT2D eigenvalue weighted by Gasteiger charge is -2.13. The lowest BCUT2D eigenvalue weighted by molar-refractivity contribution is -0.137. The number of halogens is 3. The van der Waals surface area contributed by atoms with E-state index in [4.69, 9.17) is 0 Å². The van der Waals surface area contributed by atoms with Crippen LogP contribution in [0.5, 0.6) is 0 Å². The average Bonchev–Trinajstić information content (AvgIpc) is 3.28. The molecule has 1 aromatic heterocycles. The summed E-state index contributed by atoms with van der Waals surface area (Å²) in [6.45, 7) is 0.571. The summed E-state index contributed by atoms with van der Waals surface area (Å²) < 4.78 is 40.9. The molecule has 0 fully saturated rings. The zero-order valence-corrected chi connectivity index (χ0v) is 19.3. The van der Waals surface area contributed by atoms with Crippen LogP contribution in [0.15, 0.2) is 90.1 Å². The molecule has 0 saturated heterocycles. The maximum Gasteiger partial charge on any atom is 0.416 e. The van der Waals surface area contributed by atoms with Crippen molar-refractivity contribution >= 4 is 23.4 Å². The Hall–Kier alpha value is -3.79. The molecule has 2 N–H and O–H groups in total. The number of nitrogens with one attached hydrogen (secondary N) is 2. The summed E-state index contributed by atoms with van der Waals surface area (Å²) in [5.74, 6) is 0.490. The van der Waals surface area contributed by atoms with Gasteiger partial charge in [-0.25, -0.2) is 0 Å². The Labute approximate surface area is 204 Å². The second kappa shape index (κ2) is 11.1. The fourth-order valence-electron chi connectivity index (χ4n) is 3.31. The third-order valence-electron chi connectivity index (χ3n) is 5.02. The summed E-state index contributed by atoms with van der Waals surface area (Å²) in [5.41, 5.74) is 1.37. The molecule has 0 aliphatic carbocycles. The molecular weight excluding hydrogens is 475 g/mol. The molecule has 180 valence electrons. The SMILES string of the molecule is O=C(CSc1nnc(CNc2cccc(C(F)(F)F)c2)n1-c1ccccc1)NCc1ccccc1. The number of amides is 1. The summed E-state index contributed by atoms with van der Waals surface area (Å²) in [6.07, 6.45) is -4.42. The third kappa shape index (κ3) is 6.63. The first-order valence-corrected chi connectivity index (χ1v) is 11.7. The second-order valence-electron chi connectivity index (χ2n) is 7.55. The molecule has 3 aromatic carbocycles. The summed E-state index contributed by atoms with van der Waals surface area (Å²) in [6, 6.07) is 23.9. The smallest absolute Gasteiger partial charge is 0.378 e. The first-order valence-electron chi connectivity index (χ1n) is 10.7. The molecule has 6 nitrogen and oxygen atoms in total. The monoisotopic (exact) mass is 497 g/mol. The average molecular weight is 498 g/mol. The number of benzene rings is 3. The zero-order valence-electron chi connectivity index (χ0n) is 18.5. The topological polar surface area (TPSA) is 71.8 Å². The molecule has 1 amide bonds. The zero-order chi connectivity index (χ0) is 24.7. The van der Waals surface area contributed by atoms with Gasteiger partial charge in [-0.3, -0.25) is 9.36 Å². The molecule has 35 heavy (non-hydrogen) atoms. The molecule has 10 heteroatoms. The Morgan fingerprint density at radius 2 is 1.60 bits per heavy atom. The van der Waals surface area contributed by atoms with E-state index in [1.54, 1.807) is 10.6 Å². The predicted octanol–water partition coefficient (Wildman–Crippen LogP) is 5.31. The van der Waals surface area contributed by atoms with Crippen molar-refractivity contribution in [1.82, 2.24) is 20.1 Å². The normalized spacial score (nSPS) is 11.3. The quantitative estimate of drug-likeness (QED) is 0.307. The van der Waals surface area contributed by atoms with Crippen LogP contribution in [0.3, 0.4) is 0 Å². The highest BCUT2D eigenvalue weighted by atomic mass is 32.2. The van der Waals surface area contributed by atoms with Crippen LogP contribution >= 0.6 is 11.8 Å². The van der Waals surface area contributed by atoms with E-state index < -0.39 is 11.7 Å². The Morgan fingerprint density at radius 3 is 2.31 bits per heavy atom. The van der Waals surface area contributed by atoms with E-state index in [-0.39, 0.29) is 18.2 Å². The number of para-hydroxylation sites is 1. The standard InChI is InChI=1S/C25H22F3N5OS/c26-25(27,28)19-10-7-11-20(14-19)29-16-22-31-32-24(33(22)21-12-5-2-6-13-21)35-17-23(34)30-15-18-8-3-1-4-9-18/h1-14,29H,15-17H2,(H,30,34). The number of hydrogen-bond donors (Lipinski definition) is 2. The predicted molar refractivity (Wildman–Crippen MR) is 129 cm³/mol. The molecule has 4 rings (SSSR count). The number of alkyl halides is 3. The minimum absolute atomic E-state index is 0.138. The van der Waals surface area contributed by atoms with Crippen molar-refractivity contribution in [2.75, 3.05) is 11.1 Å². The van der Waals surface area contributed by atoms with Gasteiger partial charge in [0.1, 0.15) is 0 Å². The van der Waals surface area contributed by atoms with Crippen molar-refractivity contribution in [1.29, 1.82) is 0 Å². The van der Waals surface area contributed by atoms with Crippen LogP contribution < -0.4 is 10.6 Å². The minimum atomic E-state index is -4.42. The van der Waals surface area contributed by atoms with Gasteiger partial charge in [-0.15, -0.1) is 10.2 Å². The lowest BCUT2D eigenvalue weighted by Crippen LogP contribution is -2.24. The fraction of sp³-hybridized carbons (Fsp3) is 0.160. The van der Waals surface area contributed by atoms with Gasteiger partial charge in [0.05, 0.1) is 17.9 Å². The summed E-state index contributed by atoms with van der Waals surface area (Å²) in [5, 5.41) is 14.8. The van der Waals surface area contributed by atoms with Gasteiger partial charge in [0, 0.05) is 17.9 Å². The van der Waals surface area contributed by atoms with Gasteiger partial charge in [0.25, 0.3) is 0 Å². The van der Waals surface area contributed by atoms with Gasteiger partial charge < -0.3 is 10.6 Å². The second-order valence-corrected chi connectivity index (χ2v) is 8.50. The Balaban J connectivity index is 1.46. The minimum Gasteiger partial charge on any atom is -0.378 e. The highest BCUT2D eigenvalue weighted by molar-refractivity contribution is 7.99. The molecule has 0 aliphatic rings. The molecule has 0 atom stereocenters. The first-order chi connectivity index (χ1) is 16.9. The Bertz CT molecular complexity index is 1260. The number of carbonyl (C=O) groups is 1. The molecule has 0 spiro atoms. The number of nitrogens with zero attached hydrogens (tertiary/aromatic N) is 3. The number of thioether (sulfide) groups is 1. The molecule has 0 radical (unpaired) electrons. The summed E-state index contributed by atoms with van der Waals surface area (Å²) in [7, 11) is 0. The molecule has 1 heterocycles. The van der Waals surface area contributed by atoms with Crippen LogP contribution in [0, 0.1) is 0 Å². The maximum absolute atomic E-state index is 13.0. The highest BCUT2D eigenvalue weighted by Gasteiger charge is 2.30. The van der Waals surface area contributed by atoms with Crippen LogP contribution in [0.2, 0.25) is 0 Å². The lowest BCUT2D eigenvalue weighted by atomic mass is 10.2. The van der Waals surface area contributed by atoms with E-state index in [0.717, 1.165) is 23.4 Å². The van der Waals surface area contributed by atoms with Crippen molar-refractivity contribution in [2.45, 2.75) is 24.4 Å². The van der Waals surface area contributed by atoms with E-state index in [2.05, 4.69) is 20.8 Å². The highest BCUT2D eigenvalue weighted by Crippen LogP contribution is 2.31. The van der Waals surface area contributed by atoms with Gasteiger partial charge in [-0.05, 0) is 35.9 Å². The van der Waals surface area contributed by atoms with Crippen LogP contribution in [-0.4, -0.2) is 26.4 Å². The summed E-state index contributed by atoms with van der Waals surface area (Å²) in [4.78, 5) is 12.4. The maximum atomic E-state index is 13.0. The van der Waals surface area contributed by atoms with Gasteiger partial charge >= 0.3 is 6.18 Å². The van der Waals surface area contributed by atoms with Crippen molar-refractivity contribution in [3.8, 4) is 5.69 Å². The molecule has 4 aromatic rings. The molecular formula is C25H22F3N5OS. The molecule has 0 aliphatic heterocycles. The van der Waals surface area contributed by atoms with E-state index in [1.807, 2.05) is 60.7 Å². The third-order valence-corrected chi connectivity index (χ3v) is 5.95. The van der Waals surface area contributed by atoms with E-state index >= 15 is 0 Å². The fourth-order valence-corrected chi connectivity index (χ4v) is 4.11. The number of hydrogen-bond acceptors (Lipinski definition) is 5. The molecule has 0 bridgehead atoms. The number of aromatic nitrogens is 3. The van der Waals surface area contributed by atoms with Crippen molar-refractivity contribution in [3.63, 3.8) is 0 Å². The number of carbonyl (C=O) groups excluding carboxylic acids is 1. The Kier molecular flexibility index (Phi) is 7.71. The molecule has 0 unspecified atom stereocenters. The largest absolute Gasteiger partial charge is 0.416 e.